The molecule has 2 nitrogen and oxygen atoms in total. The Kier molecular flexibility index (Phi) is 3.08. The van der Waals surface area contributed by atoms with Gasteiger partial charge in [0, 0.05) is 17.9 Å². The molecule has 0 aromatic heterocycles. The number of ether oxygens (including phenoxy) is 1. The lowest BCUT2D eigenvalue weighted by Gasteiger charge is -2.51. The number of rotatable bonds is 3. The first-order chi connectivity index (χ1) is 7.99. The molecule has 0 saturated heterocycles. The van der Waals surface area contributed by atoms with Crippen molar-refractivity contribution in [3.05, 3.63) is 29.8 Å². The van der Waals surface area contributed by atoms with Crippen LogP contribution in [0.2, 0.25) is 0 Å². The standard InChI is InChI=1S/C13H17F2NO/c1-3-13(2)10(16)7-11(13)17-9-6-4-5-8(14)12(9)15/h4-6,10-11H,3,7,16H2,1-2H3. The highest BCUT2D eigenvalue weighted by Crippen LogP contribution is 2.45. The van der Waals surface area contributed by atoms with Gasteiger partial charge >= 0.3 is 0 Å². The zero-order chi connectivity index (χ0) is 12.6. The summed E-state index contributed by atoms with van der Waals surface area (Å²) in [6.45, 7) is 4.04. The van der Waals surface area contributed by atoms with Crippen LogP contribution in [0.3, 0.4) is 0 Å². The van der Waals surface area contributed by atoms with Crippen LogP contribution >= 0.6 is 0 Å². The summed E-state index contributed by atoms with van der Waals surface area (Å²) in [5, 5.41) is 0. The third kappa shape index (κ3) is 1.90. The van der Waals surface area contributed by atoms with Crippen molar-refractivity contribution < 1.29 is 13.5 Å². The van der Waals surface area contributed by atoms with Crippen molar-refractivity contribution in [3.63, 3.8) is 0 Å². The fraction of sp³-hybridized carbons (Fsp3) is 0.538. The van der Waals surface area contributed by atoms with Crippen LogP contribution in [-0.4, -0.2) is 12.1 Å². The second kappa shape index (κ2) is 4.26. The third-order valence-electron chi connectivity index (χ3n) is 4.00. The smallest absolute Gasteiger partial charge is 0.200 e. The number of nitrogens with two attached hydrogens (primary N) is 1. The van der Waals surface area contributed by atoms with Gasteiger partial charge in [0.2, 0.25) is 5.82 Å². The van der Waals surface area contributed by atoms with Crippen molar-refractivity contribution >= 4 is 0 Å². The minimum atomic E-state index is -0.925. The molecule has 1 fully saturated rings. The van der Waals surface area contributed by atoms with E-state index in [0.717, 1.165) is 12.5 Å². The largest absolute Gasteiger partial charge is 0.487 e. The van der Waals surface area contributed by atoms with Crippen molar-refractivity contribution in [2.75, 3.05) is 0 Å². The van der Waals surface area contributed by atoms with Gasteiger partial charge < -0.3 is 10.5 Å². The van der Waals surface area contributed by atoms with Crippen LogP contribution in [0.15, 0.2) is 18.2 Å². The van der Waals surface area contributed by atoms with E-state index in [1.54, 1.807) is 0 Å². The van der Waals surface area contributed by atoms with E-state index in [1.807, 2.05) is 13.8 Å². The van der Waals surface area contributed by atoms with Crippen LogP contribution in [0, 0.1) is 17.0 Å². The Labute approximate surface area is 99.8 Å². The van der Waals surface area contributed by atoms with Gasteiger partial charge in [0.25, 0.3) is 0 Å². The second-order valence-electron chi connectivity index (χ2n) is 4.86. The van der Waals surface area contributed by atoms with Crippen LogP contribution in [-0.2, 0) is 0 Å². The lowest BCUT2D eigenvalue weighted by molar-refractivity contribution is -0.0579. The predicted molar refractivity (Wildman–Crippen MR) is 61.8 cm³/mol. The summed E-state index contributed by atoms with van der Waals surface area (Å²) in [5.74, 6) is -1.84. The van der Waals surface area contributed by atoms with E-state index in [0.29, 0.717) is 6.42 Å². The highest BCUT2D eigenvalue weighted by atomic mass is 19.2. The van der Waals surface area contributed by atoms with Gasteiger partial charge in [-0.15, -0.1) is 0 Å². The lowest BCUT2D eigenvalue weighted by Crippen LogP contribution is -2.61. The number of hydrogen-bond acceptors (Lipinski definition) is 2. The Morgan fingerprint density at radius 1 is 1.47 bits per heavy atom. The normalized spacial score (nSPS) is 32.1. The Balaban J connectivity index is 2.15. The molecule has 1 aromatic carbocycles. The molecule has 0 radical (unpaired) electrons. The van der Waals surface area contributed by atoms with E-state index in [4.69, 9.17) is 10.5 Å². The molecule has 1 aliphatic rings. The molecule has 4 heteroatoms. The molecule has 3 atom stereocenters. The van der Waals surface area contributed by atoms with Crippen LogP contribution in [0.4, 0.5) is 8.78 Å². The molecule has 2 N–H and O–H groups in total. The van der Waals surface area contributed by atoms with E-state index in [9.17, 15) is 8.78 Å². The minimum absolute atomic E-state index is 0.0263. The van der Waals surface area contributed by atoms with E-state index < -0.39 is 11.6 Å². The maximum Gasteiger partial charge on any atom is 0.200 e. The first-order valence-corrected chi connectivity index (χ1v) is 5.85. The summed E-state index contributed by atoms with van der Waals surface area (Å²) in [5.41, 5.74) is 5.78. The van der Waals surface area contributed by atoms with Crippen molar-refractivity contribution in [2.24, 2.45) is 11.1 Å². The van der Waals surface area contributed by atoms with Gasteiger partial charge in [-0.05, 0) is 18.6 Å². The van der Waals surface area contributed by atoms with Gasteiger partial charge in [0.05, 0.1) is 0 Å². The summed E-state index contributed by atoms with van der Waals surface area (Å²) in [6.07, 6.45) is 1.40. The Hall–Kier alpha value is -1.16. The zero-order valence-corrected chi connectivity index (χ0v) is 10.0. The molecule has 2 rings (SSSR count). The fourth-order valence-corrected chi connectivity index (χ4v) is 2.25. The van der Waals surface area contributed by atoms with E-state index in [2.05, 4.69) is 0 Å². The third-order valence-corrected chi connectivity index (χ3v) is 4.00. The molecule has 0 amide bonds. The van der Waals surface area contributed by atoms with Gasteiger partial charge in [0.1, 0.15) is 6.10 Å². The van der Waals surface area contributed by atoms with E-state index in [1.165, 1.54) is 12.1 Å². The van der Waals surface area contributed by atoms with Crippen molar-refractivity contribution in [1.29, 1.82) is 0 Å². The summed E-state index contributed by atoms with van der Waals surface area (Å²) in [7, 11) is 0. The van der Waals surface area contributed by atoms with Gasteiger partial charge in [-0.2, -0.15) is 4.39 Å². The van der Waals surface area contributed by atoms with Crippen molar-refractivity contribution in [1.82, 2.24) is 0 Å². The van der Waals surface area contributed by atoms with Crippen LogP contribution in [0.5, 0.6) is 5.75 Å². The topological polar surface area (TPSA) is 35.2 Å². The molecular formula is C13H17F2NO. The van der Waals surface area contributed by atoms with Crippen molar-refractivity contribution in [3.8, 4) is 5.75 Å². The van der Waals surface area contributed by atoms with Crippen LogP contribution in [0.25, 0.3) is 0 Å². The maximum absolute atomic E-state index is 13.4. The number of hydrogen-bond donors (Lipinski definition) is 1. The maximum atomic E-state index is 13.4. The molecule has 0 bridgehead atoms. The predicted octanol–water partition coefficient (Wildman–Crippen LogP) is 2.86. The second-order valence-corrected chi connectivity index (χ2v) is 4.86. The molecule has 1 aromatic rings. The molecule has 94 valence electrons. The molecule has 17 heavy (non-hydrogen) atoms. The van der Waals surface area contributed by atoms with Crippen molar-refractivity contribution in [2.45, 2.75) is 38.8 Å². The molecule has 0 aliphatic heterocycles. The molecular weight excluding hydrogens is 224 g/mol. The number of halogens is 2. The van der Waals surface area contributed by atoms with E-state index >= 15 is 0 Å². The SMILES string of the molecule is CCC1(C)C(N)CC1Oc1cccc(F)c1F. The average Bonchev–Trinajstić information content (AvgIpc) is 2.33. The quantitative estimate of drug-likeness (QED) is 0.883. The zero-order valence-electron chi connectivity index (χ0n) is 10.0. The minimum Gasteiger partial charge on any atom is -0.487 e. The van der Waals surface area contributed by atoms with Gasteiger partial charge in [-0.3, -0.25) is 0 Å². The van der Waals surface area contributed by atoms with E-state index in [-0.39, 0.29) is 23.3 Å². The molecule has 3 unspecified atom stereocenters. The summed E-state index contributed by atoms with van der Waals surface area (Å²) in [6, 6.07) is 4.02. The first kappa shape index (κ1) is 12.3. The number of benzene rings is 1. The highest BCUT2D eigenvalue weighted by Gasteiger charge is 2.50. The van der Waals surface area contributed by atoms with Gasteiger partial charge in [-0.25, -0.2) is 4.39 Å². The first-order valence-electron chi connectivity index (χ1n) is 5.85. The summed E-state index contributed by atoms with van der Waals surface area (Å²) < 4.78 is 32.0. The molecule has 1 aliphatic carbocycles. The molecule has 0 spiro atoms. The Morgan fingerprint density at radius 3 is 2.76 bits per heavy atom. The monoisotopic (exact) mass is 241 g/mol. The van der Waals surface area contributed by atoms with Gasteiger partial charge in [-0.1, -0.05) is 19.9 Å². The Morgan fingerprint density at radius 2 is 2.18 bits per heavy atom. The highest BCUT2D eigenvalue weighted by molar-refractivity contribution is 5.26. The van der Waals surface area contributed by atoms with Crippen LogP contribution in [0.1, 0.15) is 26.7 Å². The summed E-state index contributed by atoms with van der Waals surface area (Å²) >= 11 is 0. The molecule has 1 saturated carbocycles. The molecule has 0 heterocycles. The van der Waals surface area contributed by atoms with Gasteiger partial charge in [0.15, 0.2) is 11.6 Å². The van der Waals surface area contributed by atoms with Crippen LogP contribution < -0.4 is 10.5 Å². The lowest BCUT2D eigenvalue weighted by atomic mass is 9.62. The fourth-order valence-electron chi connectivity index (χ4n) is 2.25. The average molecular weight is 241 g/mol. The summed E-state index contributed by atoms with van der Waals surface area (Å²) in [4.78, 5) is 0. The Bertz CT molecular complexity index is 424.